The molecule has 0 bridgehead atoms. The molecule has 1 aromatic carbocycles. The summed E-state index contributed by atoms with van der Waals surface area (Å²) >= 11 is 0. The van der Waals surface area contributed by atoms with E-state index in [0.717, 1.165) is 19.3 Å². The van der Waals surface area contributed by atoms with Gasteiger partial charge in [-0.1, -0.05) is 42.3 Å². The van der Waals surface area contributed by atoms with Gasteiger partial charge in [-0.25, -0.2) is 0 Å². The molecule has 0 saturated carbocycles. The van der Waals surface area contributed by atoms with E-state index in [1.54, 1.807) is 0 Å². The van der Waals surface area contributed by atoms with Gasteiger partial charge in [-0.3, -0.25) is 0 Å². The highest BCUT2D eigenvalue weighted by molar-refractivity contribution is 5.75. The minimum Gasteiger partial charge on any atom is -0.150 e. The number of aryl methyl sites for hydroxylation is 2. The Morgan fingerprint density at radius 3 is 2.68 bits per heavy atom. The van der Waals surface area contributed by atoms with Gasteiger partial charge >= 0.3 is 0 Å². The average Bonchev–Trinajstić information content (AvgIpc) is 2.82. The number of benzene rings is 1. The Kier molecular flexibility index (Phi) is 4.52. The molecule has 2 heteroatoms. The maximum Gasteiger partial charge on any atom is 0.118 e. The van der Waals surface area contributed by atoms with Crippen LogP contribution in [0.15, 0.2) is 28.9 Å². The second kappa shape index (κ2) is 6.14. The first-order chi connectivity index (χ1) is 9.17. The van der Waals surface area contributed by atoms with E-state index in [1.807, 2.05) is 0 Å². The zero-order valence-corrected chi connectivity index (χ0v) is 12.2. The largest absolute Gasteiger partial charge is 0.150 e. The Hall–Kier alpha value is -1.44. The third-order valence-electron chi connectivity index (χ3n) is 4.21. The molecule has 1 atom stereocenters. The molecule has 0 saturated heterocycles. The SMILES string of the molecule is CCCCC1=C(c2ccc(C)c(C)c2)C(N=O)CC1. The molecular weight excluding hydrogens is 234 g/mol. The van der Waals surface area contributed by atoms with Crippen LogP contribution in [0.3, 0.4) is 0 Å². The summed E-state index contributed by atoms with van der Waals surface area (Å²) in [7, 11) is 0. The predicted molar refractivity (Wildman–Crippen MR) is 81.2 cm³/mol. The van der Waals surface area contributed by atoms with Crippen LogP contribution in [0, 0.1) is 18.8 Å². The molecule has 0 radical (unpaired) electrons. The number of unbranched alkanes of at least 4 members (excludes halogenated alkanes) is 1. The Morgan fingerprint density at radius 2 is 2.05 bits per heavy atom. The maximum absolute atomic E-state index is 11.1. The van der Waals surface area contributed by atoms with Crippen molar-refractivity contribution in [3.8, 4) is 0 Å². The minimum atomic E-state index is -0.131. The van der Waals surface area contributed by atoms with Crippen molar-refractivity contribution < 1.29 is 0 Å². The molecule has 1 aromatic rings. The summed E-state index contributed by atoms with van der Waals surface area (Å²) < 4.78 is 0. The van der Waals surface area contributed by atoms with Crippen molar-refractivity contribution in [2.75, 3.05) is 0 Å². The van der Waals surface area contributed by atoms with Crippen molar-refractivity contribution in [1.29, 1.82) is 0 Å². The summed E-state index contributed by atoms with van der Waals surface area (Å²) in [6.07, 6.45) is 5.45. The van der Waals surface area contributed by atoms with Gasteiger partial charge in [0.15, 0.2) is 0 Å². The van der Waals surface area contributed by atoms with Crippen molar-refractivity contribution in [2.45, 2.75) is 58.9 Å². The molecule has 102 valence electrons. The molecule has 0 spiro atoms. The van der Waals surface area contributed by atoms with Gasteiger partial charge in [0.05, 0.1) is 0 Å². The molecule has 2 rings (SSSR count). The quantitative estimate of drug-likeness (QED) is 0.668. The third kappa shape index (κ3) is 2.94. The topological polar surface area (TPSA) is 29.4 Å². The Bertz CT molecular complexity index is 502. The van der Waals surface area contributed by atoms with E-state index in [1.165, 1.54) is 40.7 Å². The van der Waals surface area contributed by atoms with Crippen LogP contribution in [0.5, 0.6) is 0 Å². The Balaban J connectivity index is 2.39. The van der Waals surface area contributed by atoms with Crippen LogP contribution in [0.4, 0.5) is 0 Å². The van der Waals surface area contributed by atoms with Crippen molar-refractivity contribution >= 4 is 5.57 Å². The molecule has 1 unspecified atom stereocenters. The van der Waals surface area contributed by atoms with E-state index >= 15 is 0 Å². The molecule has 0 N–H and O–H groups in total. The number of nitrogens with zero attached hydrogens (tertiary/aromatic N) is 1. The highest BCUT2D eigenvalue weighted by Crippen LogP contribution is 2.38. The van der Waals surface area contributed by atoms with Crippen LogP contribution in [-0.2, 0) is 0 Å². The molecule has 1 aliphatic rings. The normalized spacial score (nSPS) is 19.0. The fraction of sp³-hybridized carbons (Fsp3) is 0.529. The van der Waals surface area contributed by atoms with Gasteiger partial charge in [-0.15, -0.1) is 0 Å². The maximum atomic E-state index is 11.1. The first-order valence-electron chi connectivity index (χ1n) is 7.29. The van der Waals surface area contributed by atoms with E-state index in [-0.39, 0.29) is 6.04 Å². The van der Waals surface area contributed by atoms with Crippen LogP contribution in [0.2, 0.25) is 0 Å². The third-order valence-corrected chi connectivity index (χ3v) is 4.21. The second-order valence-electron chi connectivity index (χ2n) is 5.58. The van der Waals surface area contributed by atoms with Gasteiger partial charge in [0, 0.05) is 0 Å². The number of hydrogen-bond acceptors (Lipinski definition) is 2. The van der Waals surface area contributed by atoms with Crippen LogP contribution in [0.25, 0.3) is 5.57 Å². The van der Waals surface area contributed by atoms with E-state index in [4.69, 9.17) is 0 Å². The van der Waals surface area contributed by atoms with Crippen molar-refractivity contribution in [1.82, 2.24) is 0 Å². The summed E-state index contributed by atoms with van der Waals surface area (Å²) in [6.45, 7) is 6.46. The summed E-state index contributed by atoms with van der Waals surface area (Å²) in [5.74, 6) is 0. The van der Waals surface area contributed by atoms with Gasteiger partial charge in [-0.05, 0) is 61.8 Å². The average molecular weight is 257 g/mol. The van der Waals surface area contributed by atoms with Crippen molar-refractivity contribution in [3.05, 3.63) is 45.4 Å². The lowest BCUT2D eigenvalue weighted by molar-refractivity contribution is 0.737. The Labute approximate surface area is 115 Å². The number of rotatable bonds is 5. The van der Waals surface area contributed by atoms with E-state index in [2.05, 4.69) is 44.1 Å². The first-order valence-corrected chi connectivity index (χ1v) is 7.29. The van der Waals surface area contributed by atoms with Gasteiger partial charge < -0.3 is 0 Å². The van der Waals surface area contributed by atoms with E-state index < -0.39 is 0 Å². The molecule has 0 heterocycles. The molecule has 0 amide bonds. The minimum absolute atomic E-state index is 0.131. The van der Waals surface area contributed by atoms with Crippen LogP contribution in [0.1, 0.15) is 55.7 Å². The van der Waals surface area contributed by atoms with E-state index in [0.29, 0.717) is 0 Å². The van der Waals surface area contributed by atoms with Gasteiger partial charge in [0.25, 0.3) is 0 Å². The standard InChI is InChI=1S/C17H23NO/c1-4-5-6-14-9-10-16(18-19)17(14)15-8-7-12(2)13(3)11-15/h7-8,11,16H,4-6,9-10H2,1-3H3. The molecule has 19 heavy (non-hydrogen) atoms. The second-order valence-corrected chi connectivity index (χ2v) is 5.58. The summed E-state index contributed by atoms with van der Waals surface area (Å²) in [5, 5.41) is 3.35. The van der Waals surface area contributed by atoms with Gasteiger partial charge in [-0.2, -0.15) is 4.91 Å². The molecule has 2 nitrogen and oxygen atoms in total. The molecule has 1 aliphatic carbocycles. The number of hydrogen-bond donors (Lipinski definition) is 0. The van der Waals surface area contributed by atoms with Crippen molar-refractivity contribution in [3.63, 3.8) is 0 Å². The molecule has 0 fully saturated rings. The van der Waals surface area contributed by atoms with Gasteiger partial charge in [0.2, 0.25) is 0 Å². The molecular formula is C17H23NO. The van der Waals surface area contributed by atoms with Gasteiger partial charge in [0.1, 0.15) is 6.04 Å². The fourth-order valence-corrected chi connectivity index (χ4v) is 2.89. The zero-order valence-electron chi connectivity index (χ0n) is 12.2. The zero-order chi connectivity index (χ0) is 13.8. The lowest BCUT2D eigenvalue weighted by Gasteiger charge is -2.12. The van der Waals surface area contributed by atoms with E-state index in [9.17, 15) is 4.91 Å². The van der Waals surface area contributed by atoms with Crippen LogP contribution < -0.4 is 0 Å². The predicted octanol–water partition coefficient (Wildman–Crippen LogP) is 5.18. The smallest absolute Gasteiger partial charge is 0.118 e. The molecule has 0 aliphatic heterocycles. The lowest BCUT2D eigenvalue weighted by atomic mass is 9.94. The number of nitroso groups, excluding NO2 is 1. The highest BCUT2D eigenvalue weighted by atomic mass is 16.3. The lowest BCUT2D eigenvalue weighted by Crippen LogP contribution is -2.02. The fourth-order valence-electron chi connectivity index (χ4n) is 2.89. The highest BCUT2D eigenvalue weighted by Gasteiger charge is 2.27. The van der Waals surface area contributed by atoms with Crippen molar-refractivity contribution in [2.24, 2.45) is 5.18 Å². The Morgan fingerprint density at radius 1 is 1.26 bits per heavy atom. The molecule has 0 aromatic heterocycles. The first kappa shape index (κ1) is 14.0. The van der Waals surface area contributed by atoms with Crippen LogP contribution >= 0.6 is 0 Å². The monoisotopic (exact) mass is 257 g/mol. The number of allylic oxidation sites excluding steroid dienone is 1. The summed E-state index contributed by atoms with van der Waals surface area (Å²) in [6, 6.07) is 6.37. The van der Waals surface area contributed by atoms with Crippen LogP contribution in [-0.4, -0.2) is 6.04 Å². The summed E-state index contributed by atoms with van der Waals surface area (Å²) in [5.41, 5.74) is 6.46. The summed E-state index contributed by atoms with van der Waals surface area (Å²) in [4.78, 5) is 11.1.